The summed E-state index contributed by atoms with van der Waals surface area (Å²) in [5, 5.41) is 11.5. The van der Waals surface area contributed by atoms with Crippen molar-refractivity contribution in [2.24, 2.45) is 10.9 Å². The molecule has 1 saturated heterocycles. The van der Waals surface area contributed by atoms with Crippen molar-refractivity contribution in [3.8, 4) is 0 Å². The molecule has 0 radical (unpaired) electrons. The Morgan fingerprint density at radius 3 is 2.76 bits per heavy atom. The van der Waals surface area contributed by atoms with Crippen LogP contribution in [0.5, 0.6) is 0 Å². The zero-order valence-corrected chi connectivity index (χ0v) is 9.28. The first-order chi connectivity index (χ1) is 7.94. The predicted molar refractivity (Wildman–Crippen MR) is 54.6 cm³/mol. The molecule has 17 heavy (non-hydrogen) atoms. The van der Waals surface area contributed by atoms with Gasteiger partial charge in [0.1, 0.15) is 0 Å². The van der Waals surface area contributed by atoms with E-state index in [0.717, 1.165) is 12.8 Å². The van der Waals surface area contributed by atoms with Gasteiger partial charge in [-0.15, -0.1) is 13.2 Å². The van der Waals surface area contributed by atoms with E-state index in [4.69, 9.17) is 10.9 Å². The van der Waals surface area contributed by atoms with Crippen LogP contribution in [0.3, 0.4) is 0 Å². The van der Waals surface area contributed by atoms with Crippen LogP contribution in [0.1, 0.15) is 19.3 Å². The second-order valence-corrected chi connectivity index (χ2v) is 3.87. The highest BCUT2D eigenvalue weighted by atomic mass is 19.4. The van der Waals surface area contributed by atoms with Gasteiger partial charge >= 0.3 is 6.36 Å². The molecule has 1 rings (SSSR count). The van der Waals surface area contributed by atoms with E-state index < -0.39 is 13.0 Å². The Morgan fingerprint density at radius 2 is 2.18 bits per heavy atom. The number of hydrogen-bond donors (Lipinski definition) is 2. The normalized spacial score (nSPS) is 23.9. The number of likely N-dealkylation sites (tertiary alicyclic amines) is 1. The van der Waals surface area contributed by atoms with Crippen molar-refractivity contribution in [1.29, 1.82) is 0 Å². The summed E-state index contributed by atoms with van der Waals surface area (Å²) in [6, 6.07) is -0.300. The molecular formula is C9H16F3N3O2. The number of amidine groups is 1. The van der Waals surface area contributed by atoms with Crippen LogP contribution in [-0.2, 0) is 4.74 Å². The molecule has 0 saturated carbocycles. The van der Waals surface area contributed by atoms with Crippen molar-refractivity contribution >= 4 is 5.84 Å². The number of nitrogens with two attached hydrogens (primary N) is 1. The van der Waals surface area contributed by atoms with Gasteiger partial charge in [-0.3, -0.25) is 9.64 Å². The SMILES string of the molecule is NC(=NO)C1CCCCN1CCOC(F)(F)F. The average molecular weight is 255 g/mol. The van der Waals surface area contributed by atoms with Crippen molar-refractivity contribution in [3.05, 3.63) is 0 Å². The molecule has 3 N–H and O–H groups in total. The van der Waals surface area contributed by atoms with Gasteiger partial charge in [-0.1, -0.05) is 11.6 Å². The van der Waals surface area contributed by atoms with Gasteiger partial charge in [0.15, 0.2) is 5.84 Å². The summed E-state index contributed by atoms with van der Waals surface area (Å²) in [7, 11) is 0. The van der Waals surface area contributed by atoms with E-state index in [1.54, 1.807) is 4.90 Å². The smallest absolute Gasteiger partial charge is 0.409 e. The van der Waals surface area contributed by atoms with Crippen molar-refractivity contribution in [2.45, 2.75) is 31.7 Å². The molecule has 1 fully saturated rings. The third-order valence-electron chi connectivity index (χ3n) is 2.71. The van der Waals surface area contributed by atoms with Crippen molar-refractivity contribution in [2.75, 3.05) is 19.7 Å². The number of piperidine rings is 1. The van der Waals surface area contributed by atoms with Gasteiger partial charge < -0.3 is 10.9 Å². The summed E-state index contributed by atoms with van der Waals surface area (Å²) in [5.41, 5.74) is 5.49. The van der Waals surface area contributed by atoms with Crippen molar-refractivity contribution in [1.82, 2.24) is 4.90 Å². The Labute approximate surface area is 97.0 Å². The Bertz CT molecular complexity index is 271. The van der Waals surface area contributed by atoms with Gasteiger partial charge in [0, 0.05) is 6.54 Å². The van der Waals surface area contributed by atoms with E-state index in [9.17, 15) is 13.2 Å². The summed E-state index contributed by atoms with van der Waals surface area (Å²) >= 11 is 0. The lowest BCUT2D eigenvalue weighted by Crippen LogP contribution is -2.49. The highest BCUT2D eigenvalue weighted by molar-refractivity contribution is 5.85. The molecule has 1 heterocycles. The minimum absolute atomic E-state index is 0.0386. The fraction of sp³-hybridized carbons (Fsp3) is 0.889. The molecule has 5 nitrogen and oxygen atoms in total. The van der Waals surface area contributed by atoms with E-state index >= 15 is 0 Å². The maximum Gasteiger partial charge on any atom is 0.522 e. The molecule has 8 heteroatoms. The summed E-state index contributed by atoms with van der Waals surface area (Å²) in [5.74, 6) is 0.0386. The first-order valence-corrected chi connectivity index (χ1v) is 5.36. The lowest BCUT2D eigenvalue weighted by atomic mass is 10.0. The molecule has 0 aromatic carbocycles. The standard InChI is InChI=1S/C9H16F3N3O2/c10-9(11,12)17-6-5-15-4-2-1-3-7(15)8(13)14-16/h7,16H,1-6H2,(H2,13,14). The number of alkyl halides is 3. The van der Waals surface area contributed by atoms with Crippen LogP contribution < -0.4 is 5.73 Å². The summed E-state index contributed by atoms with van der Waals surface area (Å²) in [6.07, 6.45) is -2.12. The lowest BCUT2D eigenvalue weighted by Gasteiger charge is -2.34. The number of ether oxygens (including phenoxy) is 1. The first kappa shape index (κ1) is 14.0. The van der Waals surface area contributed by atoms with Crippen LogP contribution >= 0.6 is 0 Å². The summed E-state index contributed by atoms with van der Waals surface area (Å²) in [6.45, 7) is 0.293. The minimum atomic E-state index is -4.61. The number of halogens is 3. The van der Waals surface area contributed by atoms with Crippen LogP contribution in [0, 0.1) is 0 Å². The average Bonchev–Trinajstić information content (AvgIpc) is 2.27. The van der Waals surface area contributed by atoms with Gasteiger partial charge in [0.2, 0.25) is 0 Å². The Balaban J connectivity index is 2.43. The monoisotopic (exact) mass is 255 g/mol. The number of rotatable bonds is 4. The molecule has 0 amide bonds. The summed E-state index contributed by atoms with van der Waals surface area (Å²) in [4.78, 5) is 1.74. The molecule has 100 valence electrons. The molecule has 0 aromatic rings. The topological polar surface area (TPSA) is 71.1 Å². The lowest BCUT2D eigenvalue weighted by molar-refractivity contribution is -0.325. The minimum Gasteiger partial charge on any atom is -0.409 e. The van der Waals surface area contributed by atoms with E-state index in [1.165, 1.54) is 0 Å². The third-order valence-corrected chi connectivity index (χ3v) is 2.71. The number of oxime groups is 1. The van der Waals surface area contributed by atoms with E-state index in [-0.39, 0.29) is 18.4 Å². The predicted octanol–water partition coefficient (Wildman–Crippen LogP) is 1.12. The maximum absolute atomic E-state index is 11.8. The fourth-order valence-electron chi connectivity index (χ4n) is 1.94. The Kier molecular flexibility index (Phi) is 5.01. The molecule has 0 aliphatic carbocycles. The van der Waals surface area contributed by atoms with Crippen molar-refractivity contribution in [3.63, 3.8) is 0 Å². The highest BCUT2D eigenvalue weighted by Crippen LogP contribution is 2.19. The molecule has 0 aromatic heterocycles. The van der Waals surface area contributed by atoms with Gasteiger partial charge in [0.25, 0.3) is 0 Å². The number of nitrogens with zero attached hydrogens (tertiary/aromatic N) is 2. The van der Waals surface area contributed by atoms with Gasteiger partial charge in [0.05, 0.1) is 12.6 Å². The molecule has 1 atom stereocenters. The van der Waals surface area contributed by atoms with Crippen LogP contribution in [0.4, 0.5) is 13.2 Å². The quantitative estimate of drug-likeness (QED) is 0.342. The van der Waals surface area contributed by atoms with Crippen LogP contribution in [0.15, 0.2) is 5.16 Å². The van der Waals surface area contributed by atoms with Gasteiger partial charge in [-0.05, 0) is 19.4 Å². The molecular weight excluding hydrogens is 239 g/mol. The van der Waals surface area contributed by atoms with Crippen LogP contribution in [0.25, 0.3) is 0 Å². The highest BCUT2D eigenvalue weighted by Gasteiger charge is 2.31. The second-order valence-electron chi connectivity index (χ2n) is 3.87. The molecule has 1 aliphatic heterocycles. The van der Waals surface area contributed by atoms with Gasteiger partial charge in [-0.2, -0.15) is 0 Å². The summed E-state index contributed by atoms with van der Waals surface area (Å²) < 4.78 is 39.1. The fourth-order valence-corrected chi connectivity index (χ4v) is 1.94. The zero-order chi connectivity index (χ0) is 12.9. The van der Waals surface area contributed by atoms with Crippen LogP contribution in [-0.4, -0.2) is 48.0 Å². The zero-order valence-electron chi connectivity index (χ0n) is 9.28. The number of hydrogen-bond acceptors (Lipinski definition) is 4. The van der Waals surface area contributed by atoms with E-state index in [2.05, 4.69) is 9.89 Å². The van der Waals surface area contributed by atoms with Crippen molar-refractivity contribution < 1.29 is 23.1 Å². The molecule has 1 aliphatic rings. The maximum atomic E-state index is 11.8. The van der Waals surface area contributed by atoms with E-state index in [1.807, 2.05) is 0 Å². The second kappa shape index (κ2) is 6.06. The largest absolute Gasteiger partial charge is 0.522 e. The first-order valence-electron chi connectivity index (χ1n) is 5.36. The van der Waals surface area contributed by atoms with E-state index in [0.29, 0.717) is 13.0 Å². The Morgan fingerprint density at radius 1 is 1.47 bits per heavy atom. The van der Waals surface area contributed by atoms with Gasteiger partial charge in [-0.25, -0.2) is 0 Å². The molecule has 1 unspecified atom stereocenters. The Hall–Kier alpha value is -1.02. The molecule has 0 bridgehead atoms. The molecule has 0 spiro atoms. The third kappa shape index (κ3) is 4.78. The van der Waals surface area contributed by atoms with Crippen LogP contribution in [0.2, 0.25) is 0 Å².